The van der Waals surface area contributed by atoms with Crippen molar-refractivity contribution >= 4 is 22.6 Å². The van der Waals surface area contributed by atoms with Crippen LogP contribution in [0.5, 0.6) is 0 Å². The van der Waals surface area contributed by atoms with Crippen LogP contribution in [0.15, 0.2) is 0 Å². The maximum atomic E-state index is 12.1. The number of aliphatic hydroxyl groups excluding tert-OH is 1. The van der Waals surface area contributed by atoms with Crippen molar-refractivity contribution in [2.24, 2.45) is 11.7 Å². The van der Waals surface area contributed by atoms with Gasteiger partial charge in [-0.05, 0) is 18.8 Å². The zero-order valence-corrected chi connectivity index (χ0v) is 15.9. The van der Waals surface area contributed by atoms with Gasteiger partial charge in [-0.15, -0.1) is 12.3 Å². The van der Waals surface area contributed by atoms with Gasteiger partial charge in [0.1, 0.15) is 6.04 Å². The quantitative estimate of drug-likeness (QED) is 0.325. The minimum atomic E-state index is -1.15. The number of hydrogen-bond acceptors (Lipinski definition) is 5. The standard InChI is InChI=1S/C17H31N3O4S/c1-4-5-15(20-16(22)8-10-25(24)11-9-18)17(23)19-12-14(21)7-6-13(2)3/h1,13-15,21H,5-12,18H2,2-3H3,(H,19,23)(H,20,22)/t14?,15-,25?/m0/s1. The molecule has 2 amide bonds. The SMILES string of the molecule is C#CC[C@H](NC(=O)CCS(=O)CCN)C(=O)NCC(O)CCC(C)C. The highest BCUT2D eigenvalue weighted by Crippen LogP contribution is 2.06. The predicted molar refractivity (Wildman–Crippen MR) is 100 cm³/mol. The molecule has 0 aromatic heterocycles. The molecule has 0 aliphatic heterocycles. The zero-order chi connectivity index (χ0) is 19.2. The monoisotopic (exact) mass is 373 g/mol. The van der Waals surface area contributed by atoms with Crippen LogP contribution in [0.3, 0.4) is 0 Å². The Balaban J connectivity index is 4.33. The number of nitrogens with one attached hydrogen (secondary N) is 2. The summed E-state index contributed by atoms with van der Waals surface area (Å²) in [6, 6.07) is -0.863. The fourth-order valence-electron chi connectivity index (χ4n) is 2.00. The maximum absolute atomic E-state index is 12.1. The van der Waals surface area contributed by atoms with Crippen LogP contribution in [-0.2, 0) is 20.4 Å². The summed E-state index contributed by atoms with van der Waals surface area (Å²) < 4.78 is 11.5. The molecule has 25 heavy (non-hydrogen) atoms. The van der Waals surface area contributed by atoms with E-state index in [-0.39, 0.29) is 31.0 Å². The number of aliphatic hydroxyl groups is 1. The van der Waals surface area contributed by atoms with Gasteiger partial charge in [-0.2, -0.15) is 0 Å². The molecule has 0 aliphatic rings. The summed E-state index contributed by atoms with van der Waals surface area (Å²) in [6.07, 6.45) is 6.16. The maximum Gasteiger partial charge on any atom is 0.243 e. The van der Waals surface area contributed by atoms with Gasteiger partial charge >= 0.3 is 0 Å². The van der Waals surface area contributed by atoms with E-state index in [1.165, 1.54) is 0 Å². The summed E-state index contributed by atoms with van der Waals surface area (Å²) in [5.74, 6) is 2.55. The highest BCUT2D eigenvalue weighted by atomic mass is 32.2. The Morgan fingerprint density at radius 3 is 2.52 bits per heavy atom. The van der Waals surface area contributed by atoms with Crippen LogP contribution in [-0.4, -0.2) is 57.9 Å². The predicted octanol–water partition coefficient (Wildman–Crippen LogP) is -0.495. The van der Waals surface area contributed by atoms with Gasteiger partial charge < -0.3 is 21.5 Å². The van der Waals surface area contributed by atoms with E-state index in [2.05, 4.69) is 30.4 Å². The van der Waals surface area contributed by atoms with Gasteiger partial charge in [0.25, 0.3) is 0 Å². The van der Waals surface area contributed by atoms with Crippen molar-refractivity contribution < 1.29 is 18.9 Å². The first-order chi connectivity index (χ1) is 11.8. The molecule has 0 saturated heterocycles. The molecule has 0 fully saturated rings. The average Bonchev–Trinajstić information content (AvgIpc) is 2.55. The molecule has 0 spiro atoms. The summed E-state index contributed by atoms with van der Waals surface area (Å²) in [5, 5.41) is 15.0. The number of nitrogens with two attached hydrogens (primary N) is 1. The third-order valence-corrected chi connectivity index (χ3v) is 4.82. The first-order valence-electron chi connectivity index (χ1n) is 8.53. The first-order valence-corrected chi connectivity index (χ1v) is 10.0. The smallest absolute Gasteiger partial charge is 0.243 e. The summed E-state index contributed by atoms with van der Waals surface area (Å²) in [7, 11) is -1.15. The number of carbonyl (C=O) groups is 2. The van der Waals surface area contributed by atoms with E-state index in [1.807, 2.05) is 0 Å². The van der Waals surface area contributed by atoms with Gasteiger partial charge in [0.2, 0.25) is 11.8 Å². The topological polar surface area (TPSA) is 122 Å². The van der Waals surface area contributed by atoms with Crippen LogP contribution >= 0.6 is 0 Å². The number of terminal acetylenes is 1. The lowest BCUT2D eigenvalue weighted by Crippen LogP contribution is -2.48. The minimum absolute atomic E-state index is 0.0397. The highest BCUT2D eigenvalue weighted by molar-refractivity contribution is 7.85. The second-order valence-electron chi connectivity index (χ2n) is 6.29. The van der Waals surface area contributed by atoms with E-state index in [4.69, 9.17) is 12.2 Å². The van der Waals surface area contributed by atoms with Crippen LogP contribution < -0.4 is 16.4 Å². The number of amides is 2. The van der Waals surface area contributed by atoms with E-state index in [0.29, 0.717) is 24.6 Å². The Bertz CT molecular complexity index is 477. The van der Waals surface area contributed by atoms with E-state index in [9.17, 15) is 18.9 Å². The van der Waals surface area contributed by atoms with Gasteiger partial charge in [0, 0.05) is 48.2 Å². The molecule has 0 heterocycles. The molecule has 7 nitrogen and oxygen atoms in total. The third-order valence-electron chi connectivity index (χ3n) is 3.47. The van der Waals surface area contributed by atoms with Crippen molar-refractivity contribution in [1.29, 1.82) is 0 Å². The molecule has 0 radical (unpaired) electrons. The third kappa shape index (κ3) is 12.6. The molecule has 0 aromatic carbocycles. The van der Waals surface area contributed by atoms with Crippen molar-refractivity contribution in [1.82, 2.24) is 10.6 Å². The average molecular weight is 374 g/mol. The summed E-state index contributed by atoms with van der Waals surface area (Å²) in [4.78, 5) is 24.0. The molecule has 0 saturated carbocycles. The van der Waals surface area contributed by atoms with Crippen molar-refractivity contribution in [3.05, 3.63) is 0 Å². The lowest BCUT2D eigenvalue weighted by molar-refractivity contribution is -0.129. The molecule has 0 rings (SSSR count). The summed E-state index contributed by atoms with van der Waals surface area (Å²) in [5.41, 5.74) is 5.30. The fraction of sp³-hybridized carbons (Fsp3) is 0.765. The van der Waals surface area contributed by atoms with Crippen molar-refractivity contribution in [2.75, 3.05) is 24.6 Å². The molecule has 3 atom stereocenters. The summed E-state index contributed by atoms with van der Waals surface area (Å²) in [6.45, 7) is 4.53. The molecule has 0 bridgehead atoms. The molecule has 0 aromatic rings. The zero-order valence-electron chi connectivity index (χ0n) is 15.1. The van der Waals surface area contributed by atoms with Crippen LogP contribution in [0.2, 0.25) is 0 Å². The van der Waals surface area contributed by atoms with Crippen LogP contribution in [0.25, 0.3) is 0 Å². The molecular formula is C17H31N3O4S. The van der Waals surface area contributed by atoms with Crippen LogP contribution in [0.1, 0.15) is 39.5 Å². The fourth-order valence-corrected chi connectivity index (χ4v) is 2.88. The van der Waals surface area contributed by atoms with Crippen LogP contribution in [0.4, 0.5) is 0 Å². The number of carbonyl (C=O) groups excluding carboxylic acids is 2. The van der Waals surface area contributed by atoms with E-state index in [0.717, 1.165) is 6.42 Å². The van der Waals surface area contributed by atoms with Crippen molar-refractivity contribution in [3.63, 3.8) is 0 Å². The van der Waals surface area contributed by atoms with E-state index in [1.54, 1.807) is 0 Å². The Kier molecular flexibility index (Phi) is 13.0. The Labute approximate surface area is 153 Å². The lowest BCUT2D eigenvalue weighted by atomic mass is 10.0. The number of rotatable bonds is 13. The van der Waals surface area contributed by atoms with Gasteiger partial charge in [-0.1, -0.05) is 13.8 Å². The molecule has 144 valence electrons. The molecule has 0 aliphatic carbocycles. The van der Waals surface area contributed by atoms with Crippen molar-refractivity contribution in [2.45, 2.75) is 51.7 Å². The second kappa shape index (κ2) is 13.8. The largest absolute Gasteiger partial charge is 0.391 e. The molecule has 2 unspecified atom stereocenters. The van der Waals surface area contributed by atoms with E-state index < -0.39 is 28.9 Å². The van der Waals surface area contributed by atoms with Gasteiger partial charge in [0.15, 0.2) is 0 Å². The van der Waals surface area contributed by atoms with Crippen molar-refractivity contribution in [3.8, 4) is 12.3 Å². The van der Waals surface area contributed by atoms with Gasteiger partial charge in [-0.25, -0.2) is 0 Å². The molecular weight excluding hydrogens is 342 g/mol. The Morgan fingerprint density at radius 2 is 1.96 bits per heavy atom. The Hall–Kier alpha value is -1.43. The summed E-state index contributed by atoms with van der Waals surface area (Å²) >= 11 is 0. The number of hydrogen-bond donors (Lipinski definition) is 4. The minimum Gasteiger partial charge on any atom is -0.391 e. The molecule has 8 heteroatoms. The van der Waals surface area contributed by atoms with Crippen LogP contribution in [0, 0.1) is 18.3 Å². The van der Waals surface area contributed by atoms with Gasteiger partial charge in [0.05, 0.1) is 6.10 Å². The van der Waals surface area contributed by atoms with E-state index >= 15 is 0 Å². The molecule has 5 N–H and O–H groups in total. The first kappa shape index (κ1) is 23.6. The second-order valence-corrected chi connectivity index (χ2v) is 7.98. The van der Waals surface area contributed by atoms with Gasteiger partial charge in [-0.3, -0.25) is 13.8 Å². The normalized spacial score (nSPS) is 14.4. The highest BCUT2D eigenvalue weighted by Gasteiger charge is 2.20. The lowest BCUT2D eigenvalue weighted by Gasteiger charge is -2.18. The Morgan fingerprint density at radius 1 is 1.28 bits per heavy atom.